The minimum atomic E-state index is -0.912. The van der Waals surface area contributed by atoms with Gasteiger partial charge in [0, 0.05) is 24.0 Å². The van der Waals surface area contributed by atoms with E-state index < -0.39 is 5.97 Å². The Kier molecular flexibility index (Phi) is 2.75. The van der Waals surface area contributed by atoms with Crippen LogP contribution in [0.4, 0.5) is 0 Å². The summed E-state index contributed by atoms with van der Waals surface area (Å²) in [5, 5.41) is 9.07. The maximum atomic E-state index is 10.8. The lowest BCUT2D eigenvalue weighted by Crippen LogP contribution is -2.35. The van der Waals surface area contributed by atoms with Crippen molar-refractivity contribution in [3.63, 3.8) is 0 Å². The average molecular weight is 226 g/mol. The molecule has 0 amide bonds. The Hall–Kier alpha value is -0.940. The first kappa shape index (κ1) is 10.6. The van der Waals surface area contributed by atoms with E-state index in [1.165, 1.54) is 11.3 Å². The van der Waals surface area contributed by atoms with Crippen molar-refractivity contribution in [2.45, 2.75) is 32.9 Å². The minimum Gasteiger partial charge on any atom is -0.476 e. The molecule has 2 heterocycles. The van der Waals surface area contributed by atoms with E-state index in [2.05, 4.69) is 23.7 Å². The molecule has 0 atom stereocenters. The SMILES string of the molecule is CC(C)N1CCc2sc(C(=O)O)nc2C1. The van der Waals surface area contributed by atoms with Crippen molar-refractivity contribution in [2.75, 3.05) is 6.54 Å². The molecule has 0 bridgehead atoms. The summed E-state index contributed by atoms with van der Waals surface area (Å²) in [4.78, 5) is 18.4. The number of aromatic nitrogens is 1. The van der Waals surface area contributed by atoms with Gasteiger partial charge in [-0.2, -0.15) is 0 Å². The number of carboxylic acids is 1. The number of aromatic carboxylic acids is 1. The lowest BCUT2D eigenvalue weighted by Gasteiger charge is -2.29. The molecule has 0 radical (unpaired) electrons. The summed E-state index contributed by atoms with van der Waals surface area (Å²) in [5.41, 5.74) is 0.956. The Labute approximate surface area is 92.6 Å². The van der Waals surface area contributed by atoms with Gasteiger partial charge in [-0.05, 0) is 20.3 Å². The highest BCUT2D eigenvalue weighted by Crippen LogP contribution is 2.25. The van der Waals surface area contributed by atoms with Crippen LogP contribution >= 0.6 is 11.3 Å². The van der Waals surface area contributed by atoms with E-state index in [4.69, 9.17) is 5.11 Å². The monoisotopic (exact) mass is 226 g/mol. The highest BCUT2D eigenvalue weighted by atomic mass is 32.1. The van der Waals surface area contributed by atoms with Crippen molar-refractivity contribution in [2.24, 2.45) is 0 Å². The Morgan fingerprint density at radius 2 is 2.33 bits per heavy atom. The number of hydrogen-bond donors (Lipinski definition) is 1. The second-order valence-electron chi connectivity index (χ2n) is 4.01. The van der Waals surface area contributed by atoms with Crippen LogP contribution in [0.2, 0.25) is 0 Å². The van der Waals surface area contributed by atoms with Gasteiger partial charge in [-0.15, -0.1) is 11.3 Å². The molecule has 2 rings (SSSR count). The van der Waals surface area contributed by atoms with Crippen molar-refractivity contribution in [1.82, 2.24) is 9.88 Å². The van der Waals surface area contributed by atoms with Crippen LogP contribution in [0.25, 0.3) is 0 Å². The van der Waals surface area contributed by atoms with E-state index in [0.29, 0.717) is 6.04 Å². The summed E-state index contributed by atoms with van der Waals surface area (Å²) < 4.78 is 0. The Morgan fingerprint density at radius 1 is 1.60 bits per heavy atom. The number of hydrogen-bond acceptors (Lipinski definition) is 4. The van der Waals surface area contributed by atoms with E-state index >= 15 is 0 Å². The van der Waals surface area contributed by atoms with Crippen LogP contribution in [0, 0.1) is 0 Å². The molecule has 1 aliphatic heterocycles. The lowest BCUT2D eigenvalue weighted by molar-refractivity contribution is 0.0696. The minimum absolute atomic E-state index is 0.227. The van der Waals surface area contributed by atoms with Gasteiger partial charge >= 0.3 is 5.97 Å². The lowest BCUT2D eigenvalue weighted by atomic mass is 10.1. The highest BCUT2D eigenvalue weighted by Gasteiger charge is 2.23. The molecule has 0 saturated heterocycles. The predicted octanol–water partition coefficient (Wildman–Crippen LogP) is 1.61. The van der Waals surface area contributed by atoms with Gasteiger partial charge in [0.15, 0.2) is 0 Å². The molecule has 0 aromatic carbocycles. The summed E-state index contributed by atoms with van der Waals surface area (Å²) in [6.45, 7) is 6.09. The first-order chi connectivity index (χ1) is 7.08. The molecule has 5 heteroatoms. The van der Waals surface area contributed by atoms with Crippen LogP contribution in [0.15, 0.2) is 0 Å². The van der Waals surface area contributed by atoms with Crippen LogP contribution in [-0.2, 0) is 13.0 Å². The quantitative estimate of drug-likeness (QED) is 0.832. The maximum absolute atomic E-state index is 10.8. The van der Waals surface area contributed by atoms with Gasteiger partial charge in [0.05, 0.1) is 5.69 Å². The van der Waals surface area contributed by atoms with Gasteiger partial charge < -0.3 is 5.11 Å². The molecule has 1 aliphatic rings. The normalized spacial score (nSPS) is 16.7. The third-order valence-corrected chi connectivity index (χ3v) is 3.82. The molecule has 0 saturated carbocycles. The van der Waals surface area contributed by atoms with Crippen molar-refractivity contribution < 1.29 is 9.90 Å². The summed E-state index contributed by atoms with van der Waals surface area (Å²) >= 11 is 1.32. The van der Waals surface area contributed by atoms with Gasteiger partial charge in [0.1, 0.15) is 0 Å². The average Bonchev–Trinajstić information content (AvgIpc) is 2.59. The molecule has 1 aromatic heterocycles. The molecule has 82 valence electrons. The van der Waals surface area contributed by atoms with Gasteiger partial charge in [0.25, 0.3) is 0 Å². The summed E-state index contributed by atoms with van der Waals surface area (Å²) in [6.07, 6.45) is 0.929. The zero-order chi connectivity index (χ0) is 11.0. The van der Waals surface area contributed by atoms with Gasteiger partial charge in [-0.3, -0.25) is 4.90 Å². The number of fused-ring (bicyclic) bond motifs is 1. The van der Waals surface area contributed by atoms with Crippen molar-refractivity contribution in [3.8, 4) is 0 Å². The van der Waals surface area contributed by atoms with Crippen LogP contribution < -0.4 is 0 Å². The van der Waals surface area contributed by atoms with Crippen LogP contribution in [-0.4, -0.2) is 33.5 Å². The first-order valence-electron chi connectivity index (χ1n) is 5.04. The predicted molar refractivity (Wildman–Crippen MR) is 58.3 cm³/mol. The van der Waals surface area contributed by atoms with Crippen LogP contribution in [0.1, 0.15) is 34.2 Å². The third-order valence-electron chi connectivity index (χ3n) is 2.67. The zero-order valence-electron chi connectivity index (χ0n) is 8.86. The van der Waals surface area contributed by atoms with Crippen molar-refractivity contribution in [1.29, 1.82) is 0 Å². The number of carboxylic acid groups (broad SMARTS) is 1. The largest absolute Gasteiger partial charge is 0.476 e. The number of thiazole rings is 1. The molecule has 0 aliphatic carbocycles. The molecule has 4 nitrogen and oxygen atoms in total. The topological polar surface area (TPSA) is 53.4 Å². The summed E-state index contributed by atoms with van der Waals surface area (Å²) in [6, 6.07) is 0.494. The Morgan fingerprint density at radius 3 is 2.93 bits per heavy atom. The van der Waals surface area contributed by atoms with Crippen molar-refractivity contribution in [3.05, 3.63) is 15.6 Å². The molecule has 1 aromatic rings. The van der Waals surface area contributed by atoms with Gasteiger partial charge in [0.2, 0.25) is 5.01 Å². The molecule has 0 unspecified atom stereocenters. The Balaban J connectivity index is 2.23. The summed E-state index contributed by atoms with van der Waals surface area (Å²) in [5.74, 6) is -0.912. The molecule has 0 fully saturated rings. The van der Waals surface area contributed by atoms with Gasteiger partial charge in [-0.1, -0.05) is 0 Å². The molecular weight excluding hydrogens is 212 g/mol. The molecular formula is C10H14N2O2S. The second kappa shape index (κ2) is 3.90. The van der Waals surface area contributed by atoms with E-state index in [1.54, 1.807) is 0 Å². The van der Waals surface area contributed by atoms with E-state index in [1.807, 2.05) is 0 Å². The smallest absolute Gasteiger partial charge is 0.365 e. The third kappa shape index (κ3) is 2.03. The van der Waals surface area contributed by atoms with Crippen LogP contribution in [0.5, 0.6) is 0 Å². The second-order valence-corrected chi connectivity index (χ2v) is 5.09. The fourth-order valence-electron chi connectivity index (χ4n) is 1.75. The maximum Gasteiger partial charge on any atom is 0.365 e. The van der Waals surface area contributed by atoms with E-state index in [0.717, 1.165) is 30.1 Å². The fourth-order valence-corrected chi connectivity index (χ4v) is 2.65. The number of carbonyl (C=O) groups is 1. The summed E-state index contributed by atoms with van der Waals surface area (Å²) in [7, 11) is 0. The number of rotatable bonds is 2. The standard InChI is InChI=1S/C10H14N2O2S/c1-6(2)12-4-3-8-7(5-12)11-9(15-8)10(13)14/h6H,3-5H2,1-2H3,(H,13,14). The van der Waals surface area contributed by atoms with E-state index in [-0.39, 0.29) is 5.01 Å². The van der Waals surface area contributed by atoms with Gasteiger partial charge in [-0.25, -0.2) is 9.78 Å². The first-order valence-corrected chi connectivity index (χ1v) is 5.85. The molecule has 0 spiro atoms. The molecule has 1 N–H and O–H groups in total. The zero-order valence-corrected chi connectivity index (χ0v) is 9.67. The molecule has 15 heavy (non-hydrogen) atoms. The van der Waals surface area contributed by atoms with Crippen LogP contribution in [0.3, 0.4) is 0 Å². The van der Waals surface area contributed by atoms with Crippen molar-refractivity contribution >= 4 is 17.3 Å². The van der Waals surface area contributed by atoms with E-state index in [9.17, 15) is 4.79 Å². The Bertz CT molecular complexity index is 387. The fraction of sp³-hybridized carbons (Fsp3) is 0.600. The highest BCUT2D eigenvalue weighted by molar-refractivity contribution is 7.13. The number of nitrogens with zero attached hydrogens (tertiary/aromatic N) is 2.